The molecule has 3 atom stereocenters. The molecule has 0 aromatic carbocycles. The molecule has 0 radical (unpaired) electrons. The predicted octanol–water partition coefficient (Wildman–Crippen LogP) is 0.00690. The largest absolute Gasteiger partial charge is 0.341 e. The second-order valence-corrected chi connectivity index (χ2v) is 7.77. The van der Waals surface area contributed by atoms with E-state index in [1.807, 2.05) is 0 Å². The standard InChI is InChI=1S/C12H22N2O3S/c1-14(10-5-6-18(16,17)8-10)12(15)11-4-2-3-9(11)7-13/h9-11H,2-8,13H2,1H3/t9-,10?,11-/m1/s1. The van der Waals surface area contributed by atoms with E-state index < -0.39 is 9.84 Å². The SMILES string of the molecule is CN(C(=O)[C@@H]1CCC[C@@H]1CN)C1CCS(=O)(=O)C1. The molecule has 18 heavy (non-hydrogen) atoms. The molecule has 0 aromatic rings. The Labute approximate surface area is 109 Å². The van der Waals surface area contributed by atoms with Gasteiger partial charge in [-0.2, -0.15) is 0 Å². The summed E-state index contributed by atoms with van der Waals surface area (Å²) >= 11 is 0. The number of nitrogens with zero attached hydrogens (tertiary/aromatic N) is 1. The van der Waals surface area contributed by atoms with Crippen molar-refractivity contribution in [1.82, 2.24) is 4.90 Å². The molecule has 0 bridgehead atoms. The topological polar surface area (TPSA) is 80.5 Å². The molecule has 2 fully saturated rings. The molecule has 0 spiro atoms. The molecule has 2 rings (SSSR count). The average Bonchev–Trinajstić information content (AvgIpc) is 2.92. The minimum atomic E-state index is -2.94. The first-order chi connectivity index (χ1) is 8.44. The maximum absolute atomic E-state index is 12.4. The number of sulfone groups is 1. The maximum atomic E-state index is 12.4. The second kappa shape index (κ2) is 5.17. The summed E-state index contributed by atoms with van der Waals surface area (Å²) in [6, 6.07) is -0.137. The molecule has 104 valence electrons. The van der Waals surface area contributed by atoms with Crippen molar-refractivity contribution < 1.29 is 13.2 Å². The Kier molecular flexibility index (Phi) is 3.96. The third-order valence-electron chi connectivity index (χ3n) is 4.38. The second-order valence-electron chi connectivity index (χ2n) is 5.54. The van der Waals surface area contributed by atoms with Gasteiger partial charge in [-0.05, 0) is 31.7 Å². The van der Waals surface area contributed by atoms with Gasteiger partial charge < -0.3 is 10.6 Å². The Morgan fingerprint density at radius 1 is 1.33 bits per heavy atom. The van der Waals surface area contributed by atoms with Crippen molar-refractivity contribution >= 4 is 15.7 Å². The van der Waals surface area contributed by atoms with Crippen LogP contribution in [-0.4, -0.2) is 50.4 Å². The molecule has 1 saturated carbocycles. The number of amides is 1. The van der Waals surface area contributed by atoms with E-state index >= 15 is 0 Å². The van der Waals surface area contributed by atoms with Gasteiger partial charge in [-0.25, -0.2) is 8.42 Å². The number of carbonyl (C=O) groups excluding carboxylic acids is 1. The Morgan fingerprint density at radius 2 is 2.06 bits per heavy atom. The van der Waals surface area contributed by atoms with E-state index in [9.17, 15) is 13.2 Å². The summed E-state index contributed by atoms with van der Waals surface area (Å²) in [6.07, 6.45) is 3.54. The van der Waals surface area contributed by atoms with Crippen molar-refractivity contribution in [3.63, 3.8) is 0 Å². The molecule has 5 nitrogen and oxygen atoms in total. The highest BCUT2D eigenvalue weighted by Crippen LogP contribution is 2.33. The lowest BCUT2D eigenvalue weighted by Crippen LogP contribution is -2.43. The van der Waals surface area contributed by atoms with Crippen molar-refractivity contribution in [2.24, 2.45) is 17.6 Å². The summed E-state index contributed by atoms with van der Waals surface area (Å²) in [4.78, 5) is 14.0. The number of rotatable bonds is 3. The zero-order chi connectivity index (χ0) is 13.3. The fraction of sp³-hybridized carbons (Fsp3) is 0.917. The van der Waals surface area contributed by atoms with Crippen molar-refractivity contribution in [3.8, 4) is 0 Å². The molecule has 1 aliphatic carbocycles. The van der Waals surface area contributed by atoms with Gasteiger partial charge in [-0.15, -0.1) is 0 Å². The van der Waals surface area contributed by atoms with Gasteiger partial charge in [-0.3, -0.25) is 4.79 Å². The third kappa shape index (κ3) is 2.69. The highest BCUT2D eigenvalue weighted by atomic mass is 32.2. The van der Waals surface area contributed by atoms with Crippen molar-refractivity contribution in [2.75, 3.05) is 25.1 Å². The van der Waals surface area contributed by atoms with Gasteiger partial charge in [0.25, 0.3) is 0 Å². The van der Waals surface area contributed by atoms with Gasteiger partial charge in [0.1, 0.15) is 0 Å². The minimum absolute atomic E-state index is 0.00306. The van der Waals surface area contributed by atoms with Crippen LogP contribution in [0.15, 0.2) is 0 Å². The number of nitrogens with two attached hydrogens (primary N) is 1. The highest BCUT2D eigenvalue weighted by Gasteiger charge is 2.38. The fourth-order valence-electron chi connectivity index (χ4n) is 3.17. The first-order valence-electron chi connectivity index (χ1n) is 6.62. The molecule has 6 heteroatoms. The monoisotopic (exact) mass is 274 g/mol. The molecule has 1 amide bonds. The molecular weight excluding hydrogens is 252 g/mol. The highest BCUT2D eigenvalue weighted by molar-refractivity contribution is 7.91. The van der Waals surface area contributed by atoms with Crippen LogP contribution in [0.3, 0.4) is 0 Å². The molecule has 0 aromatic heterocycles. The molecule has 1 unspecified atom stereocenters. The van der Waals surface area contributed by atoms with E-state index in [4.69, 9.17) is 5.73 Å². The van der Waals surface area contributed by atoms with Crippen LogP contribution in [0.25, 0.3) is 0 Å². The zero-order valence-corrected chi connectivity index (χ0v) is 11.7. The van der Waals surface area contributed by atoms with Crippen LogP contribution in [0, 0.1) is 11.8 Å². The summed E-state index contributed by atoms with van der Waals surface area (Å²) in [5.41, 5.74) is 5.69. The predicted molar refractivity (Wildman–Crippen MR) is 69.7 cm³/mol. The Morgan fingerprint density at radius 3 is 2.61 bits per heavy atom. The maximum Gasteiger partial charge on any atom is 0.226 e. The molecule has 2 aliphatic rings. The molecular formula is C12H22N2O3S. The summed E-state index contributed by atoms with van der Waals surface area (Å²) in [5, 5.41) is 0. The Hall–Kier alpha value is -0.620. The summed E-state index contributed by atoms with van der Waals surface area (Å²) in [5.74, 6) is 0.696. The third-order valence-corrected chi connectivity index (χ3v) is 6.13. The van der Waals surface area contributed by atoms with Gasteiger partial charge in [0, 0.05) is 19.0 Å². The van der Waals surface area contributed by atoms with E-state index in [-0.39, 0.29) is 35.3 Å². The zero-order valence-electron chi connectivity index (χ0n) is 10.8. The summed E-state index contributed by atoms with van der Waals surface area (Å²) in [7, 11) is -1.20. The van der Waals surface area contributed by atoms with Gasteiger partial charge in [0.2, 0.25) is 5.91 Å². The van der Waals surface area contributed by atoms with Crippen molar-refractivity contribution in [3.05, 3.63) is 0 Å². The normalized spacial score (nSPS) is 34.7. The summed E-state index contributed by atoms with van der Waals surface area (Å²) in [6.45, 7) is 0.549. The Bertz CT molecular complexity index is 421. The van der Waals surface area contributed by atoms with Crippen LogP contribution in [-0.2, 0) is 14.6 Å². The lowest BCUT2D eigenvalue weighted by molar-refractivity contribution is -0.136. The number of hydrogen-bond donors (Lipinski definition) is 1. The lowest BCUT2D eigenvalue weighted by Gasteiger charge is -2.28. The van der Waals surface area contributed by atoms with Gasteiger partial charge in [0.15, 0.2) is 9.84 Å². The van der Waals surface area contributed by atoms with Crippen molar-refractivity contribution in [2.45, 2.75) is 31.7 Å². The van der Waals surface area contributed by atoms with Gasteiger partial charge in [0.05, 0.1) is 11.5 Å². The van der Waals surface area contributed by atoms with Crippen LogP contribution < -0.4 is 5.73 Å². The molecule has 2 N–H and O–H groups in total. The van der Waals surface area contributed by atoms with E-state index in [1.54, 1.807) is 11.9 Å². The van der Waals surface area contributed by atoms with Crippen LogP contribution in [0.5, 0.6) is 0 Å². The van der Waals surface area contributed by atoms with Crippen LogP contribution in [0.1, 0.15) is 25.7 Å². The first kappa shape index (κ1) is 13.8. The average molecular weight is 274 g/mol. The smallest absolute Gasteiger partial charge is 0.226 e. The molecule has 1 aliphatic heterocycles. The van der Waals surface area contributed by atoms with Crippen molar-refractivity contribution in [1.29, 1.82) is 0 Å². The van der Waals surface area contributed by atoms with E-state index in [2.05, 4.69) is 0 Å². The summed E-state index contributed by atoms with van der Waals surface area (Å²) < 4.78 is 22.9. The van der Waals surface area contributed by atoms with Gasteiger partial charge in [-0.1, -0.05) is 6.42 Å². The van der Waals surface area contributed by atoms with Crippen LogP contribution >= 0.6 is 0 Å². The van der Waals surface area contributed by atoms with Crippen LogP contribution in [0.4, 0.5) is 0 Å². The van der Waals surface area contributed by atoms with E-state index in [0.29, 0.717) is 13.0 Å². The number of carbonyl (C=O) groups is 1. The fourth-order valence-corrected chi connectivity index (χ4v) is 4.94. The van der Waals surface area contributed by atoms with E-state index in [1.165, 1.54) is 0 Å². The van der Waals surface area contributed by atoms with Crippen LogP contribution in [0.2, 0.25) is 0 Å². The lowest BCUT2D eigenvalue weighted by atomic mass is 9.94. The van der Waals surface area contributed by atoms with E-state index in [0.717, 1.165) is 19.3 Å². The molecule has 1 heterocycles. The molecule has 1 saturated heterocycles. The number of hydrogen-bond acceptors (Lipinski definition) is 4. The van der Waals surface area contributed by atoms with Gasteiger partial charge >= 0.3 is 0 Å². The first-order valence-corrected chi connectivity index (χ1v) is 8.44. The minimum Gasteiger partial charge on any atom is -0.341 e. The quantitative estimate of drug-likeness (QED) is 0.786. The Balaban J connectivity index is 2.01.